The summed E-state index contributed by atoms with van der Waals surface area (Å²) >= 11 is 0. The van der Waals surface area contributed by atoms with Crippen LogP contribution in [0.3, 0.4) is 0 Å². The lowest BCUT2D eigenvalue weighted by Crippen LogP contribution is -2.20. The van der Waals surface area contributed by atoms with E-state index in [1.165, 1.54) is 0 Å². The van der Waals surface area contributed by atoms with Crippen LogP contribution in [0.2, 0.25) is 0 Å². The summed E-state index contributed by atoms with van der Waals surface area (Å²) in [7, 11) is 0. The Morgan fingerprint density at radius 1 is 1.00 bits per heavy atom. The van der Waals surface area contributed by atoms with Gasteiger partial charge < -0.3 is 18.5 Å². The normalized spacial score (nSPS) is 10.8. The zero-order valence-corrected chi connectivity index (χ0v) is 17.2. The van der Waals surface area contributed by atoms with E-state index in [0.29, 0.717) is 17.9 Å². The van der Waals surface area contributed by atoms with Crippen LogP contribution in [0.25, 0.3) is 0 Å². The molecular weight excluding hydrogens is 370 g/mol. The van der Waals surface area contributed by atoms with Crippen LogP contribution in [0.4, 0.5) is 0 Å². The lowest BCUT2D eigenvalue weighted by atomic mass is 10.1. The zero-order valence-electron chi connectivity index (χ0n) is 17.2. The fourth-order valence-electron chi connectivity index (χ4n) is 3.10. The van der Waals surface area contributed by atoms with E-state index in [9.17, 15) is 9.59 Å². The Kier molecular flexibility index (Phi) is 6.22. The summed E-state index contributed by atoms with van der Waals surface area (Å²) in [6.45, 7) is 7.76. The van der Waals surface area contributed by atoms with Crippen molar-refractivity contribution in [2.45, 2.75) is 34.2 Å². The first kappa shape index (κ1) is 20.5. The zero-order chi connectivity index (χ0) is 21.0. The number of ketones is 1. The second kappa shape index (κ2) is 8.82. The topological polar surface area (TPSA) is 70.7 Å². The van der Waals surface area contributed by atoms with Crippen LogP contribution in [0.15, 0.2) is 47.1 Å². The first-order chi connectivity index (χ1) is 13.8. The third kappa shape index (κ3) is 4.96. The molecule has 6 heteroatoms. The molecule has 0 radical (unpaired) electrons. The molecule has 0 atom stereocenters. The van der Waals surface area contributed by atoms with Crippen molar-refractivity contribution in [1.82, 2.24) is 4.57 Å². The van der Waals surface area contributed by atoms with Gasteiger partial charge in [-0.05, 0) is 69.2 Å². The maximum absolute atomic E-state index is 12.5. The highest BCUT2D eigenvalue weighted by Crippen LogP contribution is 2.19. The van der Waals surface area contributed by atoms with E-state index >= 15 is 0 Å². The van der Waals surface area contributed by atoms with Crippen LogP contribution in [-0.4, -0.2) is 29.5 Å². The molecule has 3 aromatic rings. The maximum Gasteiger partial charge on any atom is 0.344 e. The van der Waals surface area contributed by atoms with Gasteiger partial charge in [-0.3, -0.25) is 4.79 Å². The number of ether oxygens (including phenoxy) is 2. The van der Waals surface area contributed by atoms with E-state index in [1.807, 2.05) is 56.5 Å². The van der Waals surface area contributed by atoms with Gasteiger partial charge in [0.25, 0.3) is 0 Å². The van der Waals surface area contributed by atoms with Gasteiger partial charge in [0.2, 0.25) is 5.78 Å². The molecule has 0 aliphatic heterocycles. The molecule has 29 heavy (non-hydrogen) atoms. The minimum Gasteiger partial charge on any atom is -0.482 e. The SMILES string of the molecule is Cc1ccc(OCC(=O)OCC(=O)c2cc(C)n(Cc3ccco3)c2C)cc1C. The first-order valence-corrected chi connectivity index (χ1v) is 9.43. The van der Waals surface area contributed by atoms with Gasteiger partial charge in [0, 0.05) is 17.0 Å². The first-order valence-electron chi connectivity index (χ1n) is 9.43. The van der Waals surface area contributed by atoms with E-state index in [-0.39, 0.29) is 19.0 Å². The minimum absolute atomic E-state index is 0.243. The fraction of sp³-hybridized carbons (Fsp3) is 0.304. The standard InChI is InChI=1S/C23H25NO5/c1-15-7-8-19(10-16(15)2)28-14-23(26)29-13-22(25)21-11-17(3)24(18(21)4)12-20-6-5-9-27-20/h5-11H,12-14H2,1-4H3. The van der Waals surface area contributed by atoms with Gasteiger partial charge >= 0.3 is 5.97 Å². The molecular formula is C23H25NO5. The number of nitrogens with zero attached hydrogens (tertiary/aromatic N) is 1. The van der Waals surface area contributed by atoms with Crippen molar-refractivity contribution in [3.8, 4) is 5.75 Å². The molecule has 0 saturated carbocycles. The third-order valence-electron chi connectivity index (χ3n) is 4.97. The van der Waals surface area contributed by atoms with Crippen molar-refractivity contribution in [2.24, 2.45) is 0 Å². The molecule has 152 valence electrons. The fourth-order valence-corrected chi connectivity index (χ4v) is 3.10. The highest BCUT2D eigenvalue weighted by molar-refractivity contribution is 5.99. The molecule has 0 aliphatic rings. The summed E-state index contributed by atoms with van der Waals surface area (Å²) in [5.41, 5.74) is 4.51. The summed E-state index contributed by atoms with van der Waals surface area (Å²) in [4.78, 5) is 24.5. The number of Topliss-reactive ketones (excluding diaryl/α,β-unsaturated/α-hetero) is 1. The van der Waals surface area contributed by atoms with E-state index < -0.39 is 5.97 Å². The number of benzene rings is 1. The Morgan fingerprint density at radius 3 is 2.48 bits per heavy atom. The Morgan fingerprint density at radius 2 is 1.79 bits per heavy atom. The molecule has 1 aromatic carbocycles. The molecule has 6 nitrogen and oxygen atoms in total. The quantitative estimate of drug-likeness (QED) is 0.423. The Balaban J connectivity index is 1.55. The van der Waals surface area contributed by atoms with Crippen molar-refractivity contribution < 1.29 is 23.5 Å². The van der Waals surface area contributed by atoms with Gasteiger partial charge in [0.15, 0.2) is 13.2 Å². The van der Waals surface area contributed by atoms with E-state index in [2.05, 4.69) is 0 Å². The number of carbonyl (C=O) groups excluding carboxylic acids is 2. The summed E-state index contributed by atoms with van der Waals surface area (Å²) in [6, 6.07) is 11.1. The van der Waals surface area contributed by atoms with Gasteiger partial charge in [-0.1, -0.05) is 6.07 Å². The van der Waals surface area contributed by atoms with E-state index in [1.54, 1.807) is 18.4 Å². The number of aryl methyl sites for hydroxylation is 3. The van der Waals surface area contributed by atoms with Gasteiger partial charge in [0.1, 0.15) is 11.5 Å². The number of aromatic nitrogens is 1. The van der Waals surface area contributed by atoms with Crippen LogP contribution >= 0.6 is 0 Å². The Bertz CT molecular complexity index is 1010. The van der Waals surface area contributed by atoms with E-state index in [0.717, 1.165) is 28.3 Å². The second-order valence-corrected chi connectivity index (χ2v) is 7.07. The number of esters is 1. The predicted molar refractivity (Wildman–Crippen MR) is 108 cm³/mol. The highest BCUT2D eigenvalue weighted by atomic mass is 16.6. The number of carbonyl (C=O) groups is 2. The van der Waals surface area contributed by atoms with Gasteiger partial charge in [-0.15, -0.1) is 0 Å². The summed E-state index contributed by atoms with van der Waals surface area (Å²) in [5, 5.41) is 0. The molecule has 3 rings (SSSR count). The van der Waals surface area contributed by atoms with Crippen LogP contribution in [0, 0.1) is 27.7 Å². The average molecular weight is 395 g/mol. The Hall–Kier alpha value is -3.28. The number of hydrogen-bond acceptors (Lipinski definition) is 5. The highest BCUT2D eigenvalue weighted by Gasteiger charge is 2.18. The predicted octanol–water partition coefficient (Wildman–Crippen LogP) is 4.17. The summed E-state index contributed by atoms with van der Waals surface area (Å²) < 4.78 is 17.9. The molecule has 0 saturated heterocycles. The van der Waals surface area contributed by atoms with Crippen LogP contribution in [-0.2, 0) is 16.1 Å². The van der Waals surface area contributed by atoms with Crippen molar-refractivity contribution in [3.63, 3.8) is 0 Å². The monoisotopic (exact) mass is 395 g/mol. The average Bonchev–Trinajstić information content (AvgIpc) is 3.31. The minimum atomic E-state index is -0.582. The van der Waals surface area contributed by atoms with Gasteiger partial charge in [0.05, 0.1) is 12.8 Å². The molecule has 0 N–H and O–H groups in total. The summed E-state index contributed by atoms with van der Waals surface area (Å²) in [5.74, 6) is 0.572. The van der Waals surface area contributed by atoms with Crippen molar-refractivity contribution in [1.29, 1.82) is 0 Å². The van der Waals surface area contributed by atoms with Crippen LogP contribution in [0.1, 0.15) is 38.6 Å². The van der Waals surface area contributed by atoms with Gasteiger partial charge in [-0.2, -0.15) is 0 Å². The van der Waals surface area contributed by atoms with Crippen molar-refractivity contribution in [2.75, 3.05) is 13.2 Å². The summed E-state index contributed by atoms with van der Waals surface area (Å²) in [6.07, 6.45) is 1.62. The largest absolute Gasteiger partial charge is 0.482 e. The van der Waals surface area contributed by atoms with E-state index in [4.69, 9.17) is 13.9 Å². The molecule has 0 unspecified atom stereocenters. The van der Waals surface area contributed by atoms with Crippen molar-refractivity contribution >= 4 is 11.8 Å². The molecule has 0 bridgehead atoms. The molecule has 0 fully saturated rings. The van der Waals surface area contributed by atoms with Crippen molar-refractivity contribution in [3.05, 3.63) is 76.5 Å². The number of rotatable bonds is 8. The molecule has 2 heterocycles. The molecule has 0 aliphatic carbocycles. The third-order valence-corrected chi connectivity index (χ3v) is 4.97. The van der Waals surface area contributed by atoms with Gasteiger partial charge in [-0.25, -0.2) is 4.79 Å². The smallest absolute Gasteiger partial charge is 0.344 e. The van der Waals surface area contributed by atoms with Crippen LogP contribution < -0.4 is 4.74 Å². The number of furan rings is 1. The lowest BCUT2D eigenvalue weighted by molar-refractivity contribution is -0.144. The second-order valence-electron chi connectivity index (χ2n) is 7.07. The molecule has 2 aromatic heterocycles. The lowest BCUT2D eigenvalue weighted by Gasteiger charge is -2.09. The Labute approximate surface area is 170 Å². The number of hydrogen-bond donors (Lipinski definition) is 0. The molecule has 0 amide bonds. The van der Waals surface area contributed by atoms with Crippen LogP contribution in [0.5, 0.6) is 5.75 Å². The molecule has 0 spiro atoms. The maximum atomic E-state index is 12.5.